The van der Waals surface area contributed by atoms with Crippen molar-refractivity contribution >= 4 is 17.2 Å². The number of nitrogens with one attached hydrogen (secondary N) is 1. The molecule has 0 saturated heterocycles. The van der Waals surface area contributed by atoms with Crippen molar-refractivity contribution in [2.75, 3.05) is 19.0 Å². The quantitative estimate of drug-likeness (QED) is 0.543. The van der Waals surface area contributed by atoms with Crippen LogP contribution < -0.4 is 14.8 Å². The van der Waals surface area contributed by atoms with Gasteiger partial charge >= 0.3 is 0 Å². The third-order valence-corrected chi connectivity index (χ3v) is 4.26. The highest BCUT2D eigenvalue weighted by Crippen LogP contribution is 2.22. The number of benzene rings is 1. The molecule has 0 spiro atoms. The highest BCUT2D eigenvalue weighted by atomic mass is 16.5. The lowest BCUT2D eigenvalue weighted by Crippen LogP contribution is -2.12. The molecule has 1 N–H and O–H groups in total. The molecule has 4 rings (SSSR count). The second-order valence-corrected chi connectivity index (χ2v) is 6.13. The van der Waals surface area contributed by atoms with Crippen molar-refractivity contribution in [3.05, 3.63) is 66.6 Å². The summed E-state index contributed by atoms with van der Waals surface area (Å²) in [5, 5.41) is 7.27. The zero-order valence-corrected chi connectivity index (χ0v) is 16.0. The average Bonchev–Trinajstić information content (AvgIpc) is 3.20. The minimum Gasteiger partial charge on any atom is -0.494 e. The summed E-state index contributed by atoms with van der Waals surface area (Å²) in [4.78, 5) is 21.2. The van der Waals surface area contributed by atoms with Crippen LogP contribution >= 0.6 is 0 Å². The molecule has 0 atom stereocenters. The van der Waals surface area contributed by atoms with Crippen LogP contribution in [0.15, 0.2) is 60.9 Å². The van der Waals surface area contributed by atoms with Gasteiger partial charge < -0.3 is 14.8 Å². The van der Waals surface area contributed by atoms with E-state index in [0.29, 0.717) is 23.8 Å². The fourth-order valence-electron chi connectivity index (χ4n) is 2.87. The van der Waals surface area contributed by atoms with E-state index < -0.39 is 0 Å². The van der Waals surface area contributed by atoms with Crippen LogP contribution in [0.5, 0.6) is 11.6 Å². The lowest BCUT2D eigenvalue weighted by molar-refractivity contribution is 0.102. The van der Waals surface area contributed by atoms with Crippen molar-refractivity contribution < 1.29 is 14.3 Å². The minimum atomic E-state index is -0.321. The molecule has 1 aromatic carbocycles. The molecule has 0 unspecified atom stereocenters. The third kappa shape index (κ3) is 3.86. The summed E-state index contributed by atoms with van der Waals surface area (Å²) in [5.74, 6) is 0.952. The predicted molar refractivity (Wildman–Crippen MR) is 108 cm³/mol. The molecule has 1 amide bonds. The maximum atomic E-state index is 12.7. The summed E-state index contributed by atoms with van der Waals surface area (Å²) in [6.45, 7) is 2.51. The van der Waals surface area contributed by atoms with Gasteiger partial charge in [-0.15, -0.1) is 0 Å². The Morgan fingerprint density at radius 2 is 1.93 bits per heavy atom. The number of amides is 1. The Kier molecular flexibility index (Phi) is 5.07. The summed E-state index contributed by atoms with van der Waals surface area (Å²) in [6.07, 6.45) is 3.36. The van der Waals surface area contributed by atoms with Gasteiger partial charge in [-0.2, -0.15) is 5.10 Å². The number of aromatic nitrogens is 4. The van der Waals surface area contributed by atoms with Gasteiger partial charge in [0.25, 0.3) is 5.91 Å². The molecule has 3 aromatic heterocycles. The summed E-state index contributed by atoms with van der Waals surface area (Å²) in [5.41, 5.74) is 3.09. The molecular weight excluding hydrogens is 370 g/mol. The van der Waals surface area contributed by atoms with Crippen LogP contribution in [-0.4, -0.2) is 39.2 Å². The summed E-state index contributed by atoms with van der Waals surface area (Å²) >= 11 is 0. The van der Waals surface area contributed by atoms with Crippen LogP contribution in [0.4, 0.5) is 5.69 Å². The molecule has 0 aliphatic rings. The number of nitrogens with zero attached hydrogens (tertiary/aromatic N) is 4. The monoisotopic (exact) mass is 389 g/mol. The number of pyridine rings is 1. The highest BCUT2D eigenvalue weighted by molar-refractivity contribution is 6.03. The van der Waals surface area contributed by atoms with Crippen molar-refractivity contribution in [1.82, 2.24) is 19.6 Å². The van der Waals surface area contributed by atoms with E-state index in [2.05, 4.69) is 20.4 Å². The zero-order valence-electron chi connectivity index (χ0n) is 16.0. The van der Waals surface area contributed by atoms with E-state index in [1.54, 1.807) is 60.4 Å². The molecule has 3 heterocycles. The Morgan fingerprint density at radius 1 is 1.10 bits per heavy atom. The van der Waals surface area contributed by atoms with Crippen molar-refractivity contribution in [1.29, 1.82) is 0 Å². The van der Waals surface area contributed by atoms with Gasteiger partial charge in [-0.1, -0.05) is 0 Å². The van der Waals surface area contributed by atoms with Crippen LogP contribution in [0.25, 0.3) is 16.9 Å². The first kappa shape index (κ1) is 18.4. The van der Waals surface area contributed by atoms with E-state index in [9.17, 15) is 4.79 Å². The molecule has 8 heteroatoms. The molecule has 0 fully saturated rings. The molecule has 8 nitrogen and oxygen atoms in total. The van der Waals surface area contributed by atoms with E-state index in [0.717, 1.165) is 17.0 Å². The third-order valence-electron chi connectivity index (χ3n) is 4.26. The molecule has 0 radical (unpaired) electrons. The number of carbonyl (C=O) groups is 1. The van der Waals surface area contributed by atoms with Gasteiger partial charge in [-0.3, -0.25) is 4.79 Å². The number of hydrogen-bond donors (Lipinski definition) is 1. The molecule has 146 valence electrons. The lowest BCUT2D eigenvalue weighted by Gasteiger charge is -2.06. The smallest absolute Gasteiger partial charge is 0.276 e. The number of ether oxygens (including phenoxy) is 2. The number of fused-ring (bicyclic) bond motifs is 1. The second-order valence-electron chi connectivity index (χ2n) is 6.13. The Morgan fingerprint density at radius 3 is 2.62 bits per heavy atom. The van der Waals surface area contributed by atoms with Crippen LogP contribution in [0.3, 0.4) is 0 Å². The van der Waals surface area contributed by atoms with E-state index in [1.165, 1.54) is 0 Å². The average molecular weight is 389 g/mol. The molecule has 0 aliphatic carbocycles. The van der Waals surface area contributed by atoms with Crippen molar-refractivity contribution in [3.8, 4) is 22.9 Å². The number of carbonyl (C=O) groups excluding carboxylic acids is 1. The number of anilines is 1. The van der Waals surface area contributed by atoms with Gasteiger partial charge in [0.2, 0.25) is 5.88 Å². The van der Waals surface area contributed by atoms with Gasteiger partial charge in [-0.25, -0.2) is 14.5 Å². The fourth-order valence-corrected chi connectivity index (χ4v) is 2.87. The summed E-state index contributed by atoms with van der Waals surface area (Å²) in [7, 11) is 1.56. The predicted octanol–water partition coefficient (Wildman–Crippen LogP) is 3.45. The van der Waals surface area contributed by atoms with Crippen LogP contribution in [0, 0.1) is 0 Å². The van der Waals surface area contributed by atoms with Gasteiger partial charge in [0, 0.05) is 35.8 Å². The maximum absolute atomic E-state index is 12.7. The van der Waals surface area contributed by atoms with Gasteiger partial charge in [0.05, 0.1) is 19.4 Å². The first-order valence-corrected chi connectivity index (χ1v) is 9.07. The molecule has 0 bridgehead atoms. The Bertz CT molecular complexity index is 1140. The first-order chi connectivity index (χ1) is 14.2. The van der Waals surface area contributed by atoms with Gasteiger partial charge in [-0.05, 0) is 43.3 Å². The zero-order chi connectivity index (χ0) is 20.2. The standard InChI is InChI=1S/C21H19N5O3/c1-3-29-16-7-5-15(6-8-16)24-21(27)17-12-19-22-11-10-18(26(19)25-17)14-4-9-20(28-2)23-13-14/h4-13H,3H2,1-2H3,(H,24,27). The number of hydrogen-bond acceptors (Lipinski definition) is 6. The fraction of sp³-hybridized carbons (Fsp3) is 0.143. The van der Waals surface area contributed by atoms with Crippen molar-refractivity contribution in [3.63, 3.8) is 0 Å². The molecule has 0 saturated carbocycles. The first-order valence-electron chi connectivity index (χ1n) is 9.07. The number of rotatable bonds is 6. The maximum Gasteiger partial charge on any atom is 0.276 e. The van der Waals surface area contributed by atoms with Crippen molar-refractivity contribution in [2.24, 2.45) is 0 Å². The number of methoxy groups -OCH3 is 1. The van der Waals surface area contributed by atoms with Crippen LogP contribution in [-0.2, 0) is 0 Å². The Hall–Kier alpha value is -3.94. The topological polar surface area (TPSA) is 90.6 Å². The SMILES string of the molecule is CCOc1ccc(NC(=O)c2cc3nccc(-c4ccc(OC)nc4)n3n2)cc1. The molecule has 29 heavy (non-hydrogen) atoms. The van der Waals surface area contributed by atoms with Crippen LogP contribution in [0.1, 0.15) is 17.4 Å². The Labute approximate surface area is 167 Å². The van der Waals surface area contributed by atoms with Crippen molar-refractivity contribution in [2.45, 2.75) is 6.92 Å². The summed E-state index contributed by atoms with van der Waals surface area (Å²) < 4.78 is 12.1. The largest absolute Gasteiger partial charge is 0.494 e. The van der Waals surface area contributed by atoms with E-state index >= 15 is 0 Å². The molecular formula is C21H19N5O3. The van der Waals surface area contributed by atoms with E-state index in [-0.39, 0.29) is 11.6 Å². The lowest BCUT2D eigenvalue weighted by atomic mass is 10.2. The second kappa shape index (κ2) is 7.97. The molecule has 0 aliphatic heterocycles. The normalized spacial score (nSPS) is 10.7. The minimum absolute atomic E-state index is 0.264. The van der Waals surface area contributed by atoms with Gasteiger partial charge in [0.15, 0.2) is 11.3 Å². The van der Waals surface area contributed by atoms with E-state index in [4.69, 9.17) is 9.47 Å². The van der Waals surface area contributed by atoms with Crippen LogP contribution in [0.2, 0.25) is 0 Å². The van der Waals surface area contributed by atoms with Gasteiger partial charge in [0.1, 0.15) is 5.75 Å². The summed E-state index contributed by atoms with van der Waals surface area (Å²) in [6, 6.07) is 14.3. The van der Waals surface area contributed by atoms with E-state index in [1.807, 2.05) is 19.1 Å². The highest BCUT2D eigenvalue weighted by Gasteiger charge is 2.14. The molecule has 4 aromatic rings. The Balaban J connectivity index is 1.60.